The third-order valence-electron chi connectivity index (χ3n) is 4.13. The van der Waals surface area contributed by atoms with Crippen molar-refractivity contribution in [2.45, 2.75) is 39.5 Å². The lowest BCUT2D eigenvalue weighted by atomic mass is 9.95. The molecule has 0 aromatic heterocycles. The van der Waals surface area contributed by atoms with Crippen LogP contribution in [0.5, 0.6) is 0 Å². The molecule has 2 unspecified atom stereocenters. The SMILES string of the molecule is CC(C)(CO)CNC(=O)C1C2CCCCC21. The Hall–Kier alpha value is -0.570. The molecule has 16 heavy (non-hydrogen) atoms. The predicted octanol–water partition coefficient (Wildman–Crippen LogP) is 1.56. The summed E-state index contributed by atoms with van der Waals surface area (Å²) in [6.07, 6.45) is 5.08. The van der Waals surface area contributed by atoms with Gasteiger partial charge in [-0.05, 0) is 24.7 Å². The van der Waals surface area contributed by atoms with E-state index in [1.165, 1.54) is 25.7 Å². The van der Waals surface area contributed by atoms with Gasteiger partial charge >= 0.3 is 0 Å². The maximum atomic E-state index is 11.9. The second kappa shape index (κ2) is 4.36. The maximum absolute atomic E-state index is 11.9. The lowest BCUT2D eigenvalue weighted by Gasteiger charge is -2.21. The Morgan fingerprint density at radius 3 is 2.38 bits per heavy atom. The Bertz CT molecular complexity index is 263. The largest absolute Gasteiger partial charge is 0.396 e. The van der Waals surface area contributed by atoms with Gasteiger partial charge in [-0.25, -0.2) is 0 Å². The quantitative estimate of drug-likeness (QED) is 0.763. The average Bonchev–Trinajstić information content (AvgIpc) is 3.00. The van der Waals surface area contributed by atoms with Crippen LogP contribution in [-0.2, 0) is 4.79 Å². The fraction of sp³-hybridized carbons (Fsp3) is 0.923. The first kappa shape index (κ1) is 11.9. The molecule has 3 heteroatoms. The number of aliphatic hydroxyl groups is 1. The number of fused-ring (bicyclic) bond motifs is 1. The lowest BCUT2D eigenvalue weighted by molar-refractivity contribution is -0.123. The lowest BCUT2D eigenvalue weighted by Crippen LogP contribution is -2.37. The molecule has 0 spiro atoms. The molecule has 2 aliphatic rings. The van der Waals surface area contributed by atoms with Crippen molar-refractivity contribution >= 4 is 5.91 Å². The van der Waals surface area contributed by atoms with Gasteiger partial charge in [0.15, 0.2) is 0 Å². The van der Waals surface area contributed by atoms with Crippen LogP contribution in [0.3, 0.4) is 0 Å². The van der Waals surface area contributed by atoms with Crippen LogP contribution in [-0.4, -0.2) is 24.2 Å². The molecule has 0 radical (unpaired) electrons. The van der Waals surface area contributed by atoms with E-state index in [1.54, 1.807) is 0 Å². The summed E-state index contributed by atoms with van der Waals surface area (Å²) < 4.78 is 0. The number of hydrogen-bond donors (Lipinski definition) is 2. The molecule has 0 aliphatic heterocycles. The van der Waals surface area contributed by atoms with E-state index < -0.39 is 0 Å². The first-order valence-electron chi connectivity index (χ1n) is 6.44. The van der Waals surface area contributed by atoms with Crippen molar-refractivity contribution < 1.29 is 9.90 Å². The Labute approximate surface area is 97.6 Å². The van der Waals surface area contributed by atoms with E-state index >= 15 is 0 Å². The van der Waals surface area contributed by atoms with Crippen molar-refractivity contribution in [3.8, 4) is 0 Å². The van der Waals surface area contributed by atoms with Crippen molar-refractivity contribution in [3.63, 3.8) is 0 Å². The number of amides is 1. The van der Waals surface area contributed by atoms with Crippen molar-refractivity contribution in [2.75, 3.05) is 13.2 Å². The summed E-state index contributed by atoms with van der Waals surface area (Å²) in [6.45, 7) is 4.63. The van der Waals surface area contributed by atoms with Crippen LogP contribution >= 0.6 is 0 Å². The zero-order chi connectivity index (χ0) is 11.8. The summed E-state index contributed by atoms with van der Waals surface area (Å²) >= 11 is 0. The summed E-state index contributed by atoms with van der Waals surface area (Å²) in [6, 6.07) is 0. The van der Waals surface area contributed by atoms with E-state index in [1.807, 2.05) is 13.8 Å². The number of hydrogen-bond acceptors (Lipinski definition) is 2. The number of aliphatic hydroxyl groups excluding tert-OH is 1. The monoisotopic (exact) mass is 225 g/mol. The van der Waals surface area contributed by atoms with Crippen LogP contribution in [0.15, 0.2) is 0 Å². The Morgan fingerprint density at radius 2 is 1.88 bits per heavy atom. The van der Waals surface area contributed by atoms with Gasteiger partial charge in [0.1, 0.15) is 0 Å². The van der Waals surface area contributed by atoms with Crippen LogP contribution in [0.4, 0.5) is 0 Å². The first-order valence-corrected chi connectivity index (χ1v) is 6.44. The molecular formula is C13H23NO2. The topological polar surface area (TPSA) is 49.3 Å². The van der Waals surface area contributed by atoms with Gasteiger partial charge in [-0.1, -0.05) is 26.7 Å². The van der Waals surface area contributed by atoms with Gasteiger partial charge < -0.3 is 10.4 Å². The van der Waals surface area contributed by atoms with Gasteiger partial charge in [0.25, 0.3) is 0 Å². The number of nitrogens with one attached hydrogen (secondary N) is 1. The molecule has 2 saturated carbocycles. The van der Waals surface area contributed by atoms with Crippen LogP contribution in [0, 0.1) is 23.2 Å². The fourth-order valence-corrected chi connectivity index (χ4v) is 2.88. The Morgan fingerprint density at radius 1 is 1.31 bits per heavy atom. The van der Waals surface area contributed by atoms with Crippen molar-refractivity contribution in [2.24, 2.45) is 23.2 Å². The molecule has 2 N–H and O–H groups in total. The minimum absolute atomic E-state index is 0.116. The molecule has 0 heterocycles. The highest BCUT2D eigenvalue weighted by molar-refractivity contribution is 5.82. The first-order chi connectivity index (χ1) is 7.55. The highest BCUT2D eigenvalue weighted by atomic mass is 16.3. The second-order valence-electron chi connectivity index (χ2n) is 6.18. The number of carbonyl (C=O) groups is 1. The standard InChI is InChI=1S/C13H23NO2/c1-13(2,8-15)7-14-12(16)11-9-5-3-4-6-10(9)11/h9-11,15H,3-8H2,1-2H3,(H,14,16). The van der Waals surface area contributed by atoms with E-state index in [0.717, 1.165) is 0 Å². The van der Waals surface area contributed by atoms with E-state index in [4.69, 9.17) is 5.11 Å². The van der Waals surface area contributed by atoms with Crippen molar-refractivity contribution in [1.29, 1.82) is 0 Å². The summed E-state index contributed by atoms with van der Waals surface area (Å²) in [5, 5.41) is 12.1. The van der Waals surface area contributed by atoms with Crippen LogP contribution in [0.1, 0.15) is 39.5 Å². The summed E-state index contributed by atoms with van der Waals surface area (Å²) in [4.78, 5) is 11.9. The zero-order valence-corrected chi connectivity index (χ0v) is 10.3. The van der Waals surface area contributed by atoms with Gasteiger partial charge in [0.2, 0.25) is 5.91 Å². The highest BCUT2D eigenvalue weighted by Crippen LogP contribution is 2.55. The fourth-order valence-electron chi connectivity index (χ4n) is 2.88. The number of rotatable bonds is 4. The molecule has 0 aromatic rings. The molecule has 2 atom stereocenters. The molecule has 0 bridgehead atoms. The summed E-state index contributed by atoms with van der Waals surface area (Å²) in [5.41, 5.74) is -0.199. The molecule has 3 nitrogen and oxygen atoms in total. The number of carbonyl (C=O) groups excluding carboxylic acids is 1. The van der Waals surface area contributed by atoms with E-state index in [-0.39, 0.29) is 23.8 Å². The molecule has 0 aromatic carbocycles. The van der Waals surface area contributed by atoms with Gasteiger partial charge in [0.05, 0.1) is 0 Å². The molecule has 0 saturated heterocycles. The van der Waals surface area contributed by atoms with E-state index in [9.17, 15) is 4.79 Å². The third-order valence-corrected chi connectivity index (χ3v) is 4.13. The molecular weight excluding hydrogens is 202 g/mol. The van der Waals surface area contributed by atoms with Crippen LogP contribution in [0.2, 0.25) is 0 Å². The molecule has 2 fully saturated rings. The smallest absolute Gasteiger partial charge is 0.223 e. The van der Waals surface area contributed by atoms with Crippen LogP contribution in [0.25, 0.3) is 0 Å². The predicted molar refractivity (Wildman–Crippen MR) is 62.8 cm³/mol. The minimum atomic E-state index is -0.199. The third kappa shape index (κ3) is 2.40. The van der Waals surface area contributed by atoms with Crippen LogP contribution < -0.4 is 5.32 Å². The zero-order valence-electron chi connectivity index (χ0n) is 10.3. The normalized spacial score (nSPS) is 33.1. The van der Waals surface area contributed by atoms with Gasteiger partial charge in [-0.2, -0.15) is 0 Å². The summed E-state index contributed by atoms with van der Waals surface area (Å²) in [5.74, 6) is 1.85. The molecule has 1 amide bonds. The van der Waals surface area contributed by atoms with Gasteiger partial charge in [-0.3, -0.25) is 4.79 Å². The van der Waals surface area contributed by atoms with Crippen molar-refractivity contribution in [3.05, 3.63) is 0 Å². The Kier molecular flexibility index (Phi) is 3.24. The van der Waals surface area contributed by atoms with Crippen molar-refractivity contribution in [1.82, 2.24) is 5.32 Å². The van der Waals surface area contributed by atoms with Gasteiger partial charge in [-0.15, -0.1) is 0 Å². The van der Waals surface area contributed by atoms with E-state index in [2.05, 4.69) is 5.32 Å². The highest BCUT2D eigenvalue weighted by Gasteiger charge is 2.54. The molecule has 92 valence electrons. The Balaban J connectivity index is 1.77. The molecule has 2 aliphatic carbocycles. The minimum Gasteiger partial charge on any atom is -0.396 e. The second-order valence-corrected chi connectivity index (χ2v) is 6.18. The average molecular weight is 225 g/mol. The van der Waals surface area contributed by atoms with Gasteiger partial charge in [0, 0.05) is 24.5 Å². The molecule has 2 rings (SSSR count). The summed E-state index contributed by atoms with van der Waals surface area (Å²) in [7, 11) is 0. The van der Waals surface area contributed by atoms with E-state index in [0.29, 0.717) is 18.4 Å². The maximum Gasteiger partial charge on any atom is 0.223 e.